The Morgan fingerprint density at radius 2 is 1.81 bits per heavy atom. The van der Waals surface area contributed by atoms with Crippen LogP contribution in [0, 0.1) is 13.8 Å². The van der Waals surface area contributed by atoms with E-state index in [1.807, 2.05) is 38.1 Å². The number of pyridine rings is 1. The van der Waals surface area contributed by atoms with Gasteiger partial charge < -0.3 is 10.6 Å². The molecule has 0 unspecified atom stereocenters. The van der Waals surface area contributed by atoms with E-state index >= 15 is 0 Å². The minimum Gasteiger partial charge on any atom is -0.383 e. The standard InChI is InChI=1S/C17H21N3O/c1-11(2)19-15-7-8-18-16(10-15)17(21)20-14-6-5-12(3)13(4)9-14/h5-11H,1-4H3,(H,18,19)(H,20,21). The summed E-state index contributed by atoms with van der Waals surface area (Å²) in [4.78, 5) is 16.4. The molecule has 0 saturated heterocycles. The molecule has 0 aliphatic carbocycles. The van der Waals surface area contributed by atoms with Gasteiger partial charge in [-0.2, -0.15) is 0 Å². The number of amides is 1. The van der Waals surface area contributed by atoms with E-state index in [0.29, 0.717) is 11.7 Å². The van der Waals surface area contributed by atoms with Crippen molar-refractivity contribution in [3.8, 4) is 0 Å². The number of nitrogens with one attached hydrogen (secondary N) is 2. The van der Waals surface area contributed by atoms with Crippen molar-refractivity contribution in [3.05, 3.63) is 53.3 Å². The molecule has 110 valence electrons. The molecule has 0 aliphatic rings. The minimum absolute atomic E-state index is 0.203. The number of benzene rings is 1. The van der Waals surface area contributed by atoms with Gasteiger partial charge in [0.1, 0.15) is 5.69 Å². The summed E-state index contributed by atoms with van der Waals surface area (Å²) in [6, 6.07) is 9.78. The van der Waals surface area contributed by atoms with Gasteiger partial charge in [-0.15, -0.1) is 0 Å². The van der Waals surface area contributed by atoms with Crippen LogP contribution in [0.15, 0.2) is 36.5 Å². The first-order chi connectivity index (χ1) is 9.95. The maximum absolute atomic E-state index is 12.2. The van der Waals surface area contributed by atoms with Crippen LogP contribution in [-0.4, -0.2) is 16.9 Å². The third kappa shape index (κ3) is 4.05. The van der Waals surface area contributed by atoms with Crippen molar-refractivity contribution in [3.63, 3.8) is 0 Å². The van der Waals surface area contributed by atoms with Gasteiger partial charge in [-0.1, -0.05) is 6.07 Å². The molecule has 2 N–H and O–H groups in total. The Morgan fingerprint density at radius 3 is 2.48 bits per heavy atom. The zero-order valence-electron chi connectivity index (χ0n) is 12.9. The molecule has 4 nitrogen and oxygen atoms in total. The van der Waals surface area contributed by atoms with Crippen LogP contribution >= 0.6 is 0 Å². The van der Waals surface area contributed by atoms with E-state index in [4.69, 9.17) is 0 Å². The summed E-state index contributed by atoms with van der Waals surface area (Å²) >= 11 is 0. The highest BCUT2D eigenvalue weighted by molar-refractivity contribution is 6.03. The normalized spacial score (nSPS) is 10.5. The summed E-state index contributed by atoms with van der Waals surface area (Å²) in [5.41, 5.74) is 4.43. The Labute approximate surface area is 125 Å². The van der Waals surface area contributed by atoms with Crippen LogP contribution in [0.5, 0.6) is 0 Å². The van der Waals surface area contributed by atoms with E-state index in [1.165, 1.54) is 5.56 Å². The van der Waals surface area contributed by atoms with Crippen molar-refractivity contribution in [1.29, 1.82) is 0 Å². The monoisotopic (exact) mass is 283 g/mol. The van der Waals surface area contributed by atoms with Gasteiger partial charge in [0.05, 0.1) is 0 Å². The van der Waals surface area contributed by atoms with Crippen LogP contribution in [0.2, 0.25) is 0 Å². The number of carbonyl (C=O) groups excluding carboxylic acids is 1. The molecular weight excluding hydrogens is 262 g/mol. The SMILES string of the molecule is Cc1ccc(NC(=O)c2cc(NC(C)C)ccn2)cc1C. The molecule has 1 aromatic heterocycles. The Bertz CT molecular complexity index is 650. The second kappa shape index (κ2) is 6.39. The van der Waals surface area contributed by atoms with E-state index < -0.39 is 0 Å². The van der Waals surface area contributed by atoms with Crippen LogP contribution in [0.4, 0.5) is 11.4 Å². The molecule has 0 fully saturated rings. The first-order valence-corrected chi connectivity index (χ1v) is 7.07. The van der Waals surface area contributed by atoms with E-state index in [9.17, 15) is 4.79 Å². The van der Waals surface area contributed by atoms with E-state index in [2.05, 4.69) is 29.5 Å². The second-order valence-electron chi connectivity index (χ2n) is 5.48. The Morgan fingerprint density at radius 1 is 1.05 bits per heavy atom. The maximum Gasteiger partial charge on any atom is 0.274 e. The van der Waals surface area contributed by atoms with Crippen molar-refractivity contribution >= 4 is 17.3 Å². The highest BCUT2D eigenvalue weighted by Gasteiger charge is 2.09. The molecule has 0 bridgehead atoms. The summed E-state index contributed by atoms with van der Waals surface area (Å²) in [5, 5.41) is 6.14. The fraction of sp³-hybridized carbons (Fsp3) is 0.294. The number of hydrogen-bond acceptors (Lipinski definition) is 3. The van der Waals surface area contributed by atoms with Crippen LogP contribution < -0.4 is 10.6 Å². The predicted octanol–water partition coefficient (Wildman–Crippen LogP) is 3.77. The minimum atomic E-state index is -0.203. The summed E-state index contributed by atoms with van der Waals surface area (Å²) in [6.45, 7) is 8.17. The van der Waals surface area contributed by atoms with E-state index in [-0.39, 0.29) is 5.91 Å². The Kier molecular flexibility index (Phi) is 4.58. The molecule has 1 heterocycles. The molecule has 1 aromatic carbocycles. The predicted molar refractivity (Wildman–Crippen MR) is 86.9 cm³/mol. The lowest BCUT2D eigenvalue weighted by molar-refractivity contribution is 0.102. The number of nitrogens with zero attached hydrogens (tertiary/aromatic N) is 1. The zero-order chi connectivity index (χ0) is 15.4. The molecule has 2 rings (SSSR count). The average molecular weight is 283 g/mol. The van der Waals surface area contributed by atoms with Gasteiger partial charge in [0.25, 0.3) is 5.91 Å². The molecule has 0 saturated carbocycles. The van der Waals surface area contributed by atoms with Crippen molar-refractivity contribution in [2.24, 2.45) is 0 Å². The van der Waals surface area contributed by atoms with Crippen LogP contribution in [0.1, 0.15) is 35.5 Å². The van der Waals surface area contributed by atoms with Gasteiger partial charge in [0.2, 0.25) is 0 Å². The highest BCUT2D eigenvalue weighted by atomic mass is 16.1. The zero-order valence-corrected chi connectivity index (χ0v) is 12.9. The smallest absolute Gasteiger partial charge is 0.274 e. The van der Waals surface area contributed by atoms with Gasteiger partial charge in [-0.3, -0.25) is 9.78 Å². The Hall–Kier alpha value is -2.36. The molecule has 21 heavy (non-hydrogen) atoms. The van der Waals surface area contributed by atoms with Crippen molar-refractivity contribution in [1.82, 2.24) is 4.98 Å². The quantitative estimate of drug-likeness (QED) is 0.898. The molecule has 0 radical (unpaired) electrons. The third-order valence-electron chi connectivity index (χ3n) is 3.21. The second-order valence-corrected chi connectivity index (χ2v) is 5.48. The maximum atomic E-state index is 12.2. The number of anilines is 2. The number of rotatable bonds is 4. The molecule has 0 aliphatic heterocycles. The number of hydrogen-bond donors (Lipinski definition) is 2. The molecule has 0 spiro atoms. The number of carbonyl (C=O) groups is 1. The Balaban J connectivity index is 2.14. The molecular formula is C17H21N3O. The summed E-state index contributed by atoms with van der Waals surface area (Å²) < 4.78 is 0. The van der Waals surface area contributed by atoms with Crippen molar-refractivity contribution in [2.45, 2.75) is 33.7 Å². The lowest BCUT2D eigenvalue weighted by Crippen LogP contribution is -2.15. The lowest BCUT2D eigenvalue weighted by atomic mass is 10.1. The summed E-state index contributed by atoms with van der Waals surface area (Å²) in [6.07, 6.45) is 1.64. The lowest BCUT2D eigenvalue weighted by Gasteiger charge is -2.11. The molecule has 2 aromatic rings. The van der Waals surface area contributed by atoms with Gasteiger partial charge in [-0.05, 0) is 63.1 Å². The van der Waals surface area contributed by atoms with Gasteiger partial charge in [0, 0.05) is 23.6 Å². The first-order valence-electron chi connectivity index (χ1n) is 7.07. The van der Waals surface area contributed by atoms with Gasteiger partial charge in [-0.25, -0.2) is 0 Å². The average Bonchev–Trinajstić information content (AvgIpc) is 2.42. The number of aryl methyl sites for hydroxylation is 2. The fourth-order valence-electron chi connectivity index (χ4n) is 1.99. The summed E-state index contributed by atoms with van der Waals surface area (Å²) in [7, 11) is 0. The van der Waals surface area contributed by atoms with Crippen LogP contribution in [0.25, 0.3) is 0 Å². The van der Waals surface area contributed by atoms with Crippen LogP contribution in [0.3, 0.4) is 0 Å². The van der Waals surface area contributed by atoms with Gasteiger partial charge >= 0.3 is 0 Å². The first kappa shape index (κ1) is 15.0. The van der Waals surface area contributed by atoms with E-state index in [1.54, 1.807) is 12.3 Å². The molecule has 1 amide bonds. The van der Waals surface area contributed by atoms with Crippen molar-refractivity contribution < 1.29 is 4.79 Å². The highest BCUT2D eigenvalue weighted by Crippen LogP contribution is 2.16. The summed E-state index contributed by atoms with van der Waals surface area (Å²) in [5.74, 6) is -0.203. The van der Waals surface area contributed by atoms with Gasteiger partial charge in [0.15, 0.2) is 0 Å². The van der Waals surface area contributed by atoms with Crippen LogP contribution in [-0.2, 0) is 0 Å². The topological polar surface area (TPSA) is 54.0 Å². The number of aromatic nitrogens is 1. The molecule has 0 atom stereocenters. The largest absolute Gasteiger partial charge is 0.383 e. The third-order valence-corrected chi connectivity index (χ3v) is 3.21. The molecule has 4 heteroatoms. The fourth-order valence-corrected chi connectivity index (χ4v) is 1.99. The van der Waals surface area contributed by atoms with Crippen molar-refractivity contribution in [2.75, 3.05) is 10.6 Å². The van der Waals surface area contributed by atoms with E-state index in [0.717, 1.165) is 16.9 Å².